The van der Waals surface area contributed by atoms with Crippen molar-refractivity contribution in [3.63, 3.8) is 0 Å². The summed E-state index contributed by atoms with van der Waals surface area (Å²) >= 11 is 0. The first kappa shape index (κ1) is 11.4. The van der Waals surface area contributed by atoms with Crippen LogP contribution in [0.25, 0.3) is 0 Å². The summed E-state index contributed by atoms with van der Waals surface area (Å²) in [5, 5.41) is 0. The van der Waals surface area contributed by atoms with E-state index < -0.39 is 0 Å². The van der Waals surface area contributed by atoms with Crippen molar-refractivity contribution < 1.29 is 4.74 Å². The van der Waals surface area contributed by atoms with E-state index in [1.807, 2.05) is 0 Å². The molecule has 2 bridgehead atoms. The summed E-state index contributed by atoms with van der Waals surface area (Å²) in [7, 11) is 2.11. The monoisotopic (exact) mass is 212 g/mol. The summed E-state index contributed by atoms with van der Waals surface area (Å²) in [6, 6.07) is 0. The van der Waals surface area contributed by atoms with Gasteiger partial charge in [-0.2, -0.15) is 0 Å². The molecule has 4 fully saturated rings. The van der Waals surface area contributed by atoms with Crippen molar-refractivity contribution in [3.05, 3.63) is 0 Å². The van der Waals surface area contributed by atoms with Crippen molar-refractivity contribution in [2.75, 3.05) is 53.0 Å². The molecule has 4 aliphatic heterocycles. The summed E-state index contributed by atoms with van der Waals surface area (Å²) in [6.07, 6.45) is 4.46. The van der Waals surface area contributed by atoms with Gasteiger partial charge in [-0.25, -0.2) is 0 Å². The minimum Gasteiger partial charge on any atom is -0.379 e. The summed E-state index contributed by atoms with van der Waals surface area (Å²) in [4.78, 5) is 4.85. The second-order valence-electron chi connectivity index (χ2n) is 4.99. The van der Waals surface area contributed by atoms with Crippen molar-refractivity contribution in [1.82, 2.24) is 9.80 Å². The van der Waals surface area contributed by atoms with Gasteiger partial charge in [0.25, 0.3) is 0 Å². The summed E-state index contributed by atoms with van der Waals surface area (Å²) < 4.78 is 5.10. The number of rotatable bonds is 0. The zero-order chi connectivity index (χ0) is 10.5. The largest absolute Gasteiger partial charge is 0.379 e. The first-order valence-corrected chi connectivity index (χ1v) is 6.33. The molecule has 0 amide bonds. The molecule has 0 unspecified atom stereocenters. The molecule has 0 aromatic heterocycles. The normalized spacial score (nSPS) is 35.8. The molecule has 15 heavy (non-hydrogen) atoms. The van der Waals surface area contributed by atoms with Crippen LogP contribution in [0.3, 0.4) is 0 Å². The van der Waals surface area contributed by atoms with E-state index in [2.05, 4.69) is 16.8 Å². The molecule has 0 atom stereocenters. The molecule has 3 nitrogen and oxygen atoms in total. The van der Waals surface area contributed by atoms with Gasteiger partial charge < -0.3 is 14.5 Å². The zero-order valence-electron chi connectivity index (χ0n) is 9.95. The van der Waals surface area contributed by atoms with Crippen molar-refractivity contribution in [1.29, 1.82) is 0 Å². The summed E-state index contributed by atoms with van der Waals surface area (Å²) in [5.74, 6) is 1.11. The van der Waals surface area contributed by atoms with Crippen LogP contribution < -0.4 is 0 Å². The molecule has 0 saturated carbocycles. The maximum atomic E-state index is 5.10. The van der Waals surface area contributed by atoms with Gasteiger partial charge >= 0.3 is 0 Å². The molecule has 0 spiro atoms. The highest BCUT2D eigenvalue weighted by Crippen LogP contribution is 2.26. The Balaban J connectivity index is 0.000000115. The molecular formula is C12H24N2O. The first-order valence-electron chi connectivity index (χ1n) is 6.33. The second-order valence-corrected chi connectivity index (χ2v) is 4.99. The van der Waals surface area contributed by atoms with Crippen LogP contribution in [-0.4, -0.2) is 62.8 Å². The van der Waals surface area contributed by atoms with Crippen LogP contribution in [0, 0.1) is 5.92 Å². The Bertz CT molecular complexity index is 149. The van der Waals surface area contributed by atoms with Gasteiger partial charge in [-0.15, -0.1) is 0 Å². The number of fused-ring (bicyclic) bond motifs is 3. The number of nitrogens with zero attached hydrogens (tertiary/aromatic N) is 2. The van der Waals surface area contributed by atoms with Crippen LogP contribution in [0.15, 0.2) is 0 Å². The third kappa shape index (κ3) is 3.74. The van der Waals surface area contributed by atoms with Gasteiger partial charge in [-0.3, -0.25) is 0 Å². The minimum atomic E-state index is 0.913. The number of ether oxygens (including phenoxy) is 1. The molecule has 4 rings (SSSR count). The SMILES string of the molecule is C1CN2CCC1CC2.CN1CCOCC1. The van der Waals surface area contributed by atoms with Crippen molar-refractivity contribution in [3.8, 4) is 0 Å². The molecule has 0 aromatic rings. The number of hydrogen-bond acceptors (Lipinski definition) is 3. The van der Waals surface area contributed by atoms with Gasteiger partial charge in [0, 0.05) is 13.1 Å². The molecule has 3 heteroatoms. The van der Waals surface area contributed by atoms with Crippen LogP contribution in [0.1, 0.15) is 19.3 Å². The molecule has 0 aliphatic carbocycles. The quantitative estimate of drug-likeness (QED) is 0.597. The van der Waals surface area contributed by atoms with Gasteiger partial charge in [0.2, 0.25) is 0 Å². The van der Waals surface area contributed by atoms with Crippen LogP contribution in [0.2, 0.25) is 0 Å². The lowest BCUT2D eigenvalue weighted by Crippen LogP contribution is -2.41. The predicted octanol–water partition coefficient (Wildman–Crippen LogP) is 1.05. The van der Waals surface area contributed by atoms with Gasteiger partial charge in [-0.1, -0.05) is 0 Å². The first-order chi connectivity index (χ1) is 7.34. The Hall–Kier alpha value is -0.120. The summed E-state index contributed by atoms with van der Waals surface area (Å²) in [6.45, 7) is 8.20. The molecule has 88 valence electrons. The lowest BCUT2D eigenvalue weighted by molar-refractivity contribution is 0.0503. The van der Waals surface area contributed by atoms with E-state index in [4.69, 9.17) is 4.74 Å². The summed E-state index contributed by atoms with van der Waals surface area (Å²) in [5.41, 5.74) is 0. The average molecular weight is 212 g/mol. The highest BCUT2D eigenvalue weighted by atomic mass is 16.5. The van der Waals surface area contributed by atoms with E-state index in [9.17, 15) is 0 Å². The number of likely N-dealkylation sites (N-methyl/N-ethyl adjacent to an activating group) is 1. The fourth-order valence-electron chi connectivity index (χ4n) is 2.52. The average Bonchev–Trinajstić information content (AvgIpc) is 2.33. The fourth-order valence-corrected chi connectivity index (χ4v) is 2.52. The Morgan fingerprint density at radius 2 is 1.40 bits per heavy atom. The predicted molar refractivity (Wildman–Crippen MR) is 62.1 cm³/mol. The third-order valence-electron chi connectivity index (χ3n) is 3.80. The highest BCUT2D eigenvalue weighted by molar-refractivity contribution is 4.78. The fraction of sp³-hybridized carbons (Fsp3) is 1.00. The highest BCUT2D eigenvalue weighted by Gasteiger charge is 2.24. The molecule has 4 saturated heterocycles. The maximum Gasteiger partial charge on any atom is 0.0594 e. The van der Waals surface area contributed by atoms with Crippen LogP contribution in [0.5, 0.6) is 0 Å². The van der Waals surface area contributed by atoms with Gasteiger partial charge in [0.15, 0.2) is 0 Å². The lowest BCUT2D eigenvalue weighted by atomic mass is 9.89. The van der Waals surface area contributed by atoms with Crippen molar-refractivity contribution in [2.45, 2.75) is 19.3 Å². The van der Waals surface area contributed by atoms with Crippen LogP contribution in [-0.2, 0) is 4.74 Å². The molecule has 4 heterocycles. The number of hydrogen-bond donors (Lipinski definition) is 0. The Morgan fingerprint density at radius 1 is 0.867 bits per heavy atom. The van der Waals surface area contributed by atoms with E-state index in [0.717, 1.165) is 32.2 Å². The molecule has 4 aliphatic rings. The van der Waals surface area contributed by atoms with Crippen molar-refractivity contribution >= 4 is 0 Å². The number of piperidine rings is 3. The third-order valence-corrected chi connectivity index (χ3v) is 3.80. The second kappa shape index (κ2) is 5.83. The standard InChI is InChI=1S/C7H13N.C5H11NO/c1-4-8-5-2-7(1)3-6-8;1-6-2-4-7-5-3-6/h7H,1-6H2;2-5H2,1H3. The van der Waals surface area contributed by atoms with E-state index in [0.29, 0.717) is 0 Å². The zero-order valence-corrected chi connectivity index (χ0v) is 9.95. The number of morpholine rings is 1. The maximum absolute atomic E-state index is 5.10. The van der Waals surface area contributed by atoms with E-state index in [-0.39, 0.29) is 0 Å². The van der Waals surface area contributed by atoms with Gasteiger partial charge in [-0.05, 0) is 51.9 Å². The molecule has 0 radical (unpaired) electrons. The van der Waals surface area contributed by atoms with Crippen molar-refractivity contribution in [2.24, 2.45) is 5.92 Å². The Kier molecular flexibility index (Phi) is 4.42. The van der Waals surface area contributed by atoms with E-state index in [1.165, 1.54) is 38.9 Å². The Morgan fingerprint density at radius 3 is 1.60 bits per heavy atom. The van der Waals surface area contributed by atoms with Crippen LogP contribution in [0.4, 0.5) is 0 Å². The topological polar surface area (TPSA) is 15.7 Å². The van der Waals surface area contributed by atoms with E-state index >= 15 is 0 Å². The van der Waals surface area contributed by atoms with E-state index in [1.54, 1.807) is 0 Å². The molecule has 0 N–H and O–H groups in total. The lowest BCUT2D eigenvalue weighted by Gasteiger charge is -2.38. The minimum absolute atomic E-state index is 0.913. The van der Waals surface area contributed by atoms with Gasteiger partial charge in [0.05, 0.1) is 13.2 Å². The van der Waals surface area contributed by atoms with Crippen LogP contribution >= 0.6 is 0 Å². The molecule has 0 aromatic carbocycles. The van der Waals surface area contributed by atoms with Gasteiger partial charge in [0.1, 0.15) is 0 Å². The molecular weight excluding hydrogens is 188 g/mol. The smallest absolute Gasteiger partial charge is 0.0594 e. The Labute approximate surface area is 93.4 Å².